The minimum atomic E-state index is -1.20. The number of hydrogen-bond acceptors (Lipinski definition) is 6. The molecule has 2 aliphatic rings. The van der Waals surface area contributed by atoms with Crippen molar-refractivity contribution in [2.24, 2.45) is 0 Å². The maximum atomic E-state index is 15.5. The molecule has 2 aliphatic heterocycles. The lowest BCUT2D eigenvalue weighted by Crippen LogP contribution is -2.47. The van der Waals surface area contributed by atoms with Crippen molar-refractivity contribution in [3.63, 3.8) is 0 Å². The average molecular weight is 549 g/mol. The fourth-order valence-corrected chi connectivity index (χ4v) is 5.91. The Bertz CT molecular complexity index is 1100. The van der Waals surface area contributed by atoms with E-state index in [-0.39, 0.29) is 23.9 Å². The molecule has 1 atom stereocenters. The second-order valence-electron chi connectivity index (χ2n) is 12.9. The fraction of sp³-hybridized carbons (Fsp3) is 0.714. The number of anilines is 1. The van der Waals surface area contributed by atoms with E-state index in [1.807, 2.05) is 25.3 Å². The van der Waals surface area contributed by atoms with Crippen molar-refractivity contribution in [1.29, 1.82) is 0 Å². The molecule has 2 fully saturated rings. The molecule has 2 saturated heterocycles. The Hall–Kier alpha value is -2.17. The summed E-state index contributed by atoms with van der Waals surface area (Å²) in [6.07, 6.45) is 6.52. The zero-order valence-electron chi connectivity index (χ0n) is 23.9. The normalized spacial score (nSPS) is 19.7. The van der Waals surface area contributed by atoms with Gasteiger partial charge in [0.05, 0.1) is 11.9 Å². The molecule has 10 heteroatoms. The number of nitrogens with one attached hydrogen (secondary N) is 1. The summed E-state index contributed by atoms with van der Waals surface area (Å²) in [5.74, 6) is -0.110. The van der Waals surface area contributed by atoms with Gasteiger partial charge in [-0.1, -0.05) is 19.6 Å². The number of aromatic nitrogens is 2. The van der Waals surface area contributed by atoms with Gasteiger partial charge >= 0.3 is 6.09 Å². The van der Waals surface area contributed by atoms with Crippen molar-refractivity contribution in [1.82, 2.24) is 14.5 Å². The highest BCUT2D eigenvalue weighted by Crippen LogP contribution is 2.38. The highest BCUT2D eigenvalue weighted by Gasteiger charge is 2.30. The molecular weight excluding hydrogens is 503 g/mol. The van der Waals surface area contributed by atoms with E-state index >= 15 is 4.39 Å². The number of likely N-dealkylation sites (tertiary alicyclic amines) is 1. The second-order valence-corrected chi connectivity index (χ2v) is 18.5. The number of pyridine rings is 1. The van der Waals surface area contributed by atoms with Crippen LogP contribution in [0.25, 0.3) is 11.0 Å². The summed E-state index contributed by atoms with van der Waals surface area (Å²) >= 11 is 0. The third kappa shape index (κ3) is 7.48. The third-order valence-electron chi connectivity index (χ3n) is 7.18. The van der Waals surface area contributed by atoms with E-state index in [9.17, 15) is 4.79 Å². The maximum absolute atomic E-state index is 15.5. The van der Waals surface area contributed by atoms with Gasteiger partial charge in [-0.3, -0.25) is 0 Å². The molecule has 4 rings (SSSR count). The monoisotopic (exact) mass is 548 g/mol. The first-order chi connectivity index (χ1) is 17.9. The summed E-state index contributed by atoms with van der Waals surface area (Å²) in [6, 6.07) is 0.999. The zero-order valence-corrected chi connectivity index (χ0v) is 24.9. The molecule has 0 unspecified atom stereocenters. The van der Waals surface area contributed by atoms with Crippen LogP contribution >= 0.6 is 0 Å². The van der Waals surface area contributed by atoms with Crippen LogP contribution in [0.4, 0.5) is 14.9 Å². The molecule has 8 nitrogen and oxygen atoms in total. The van der Waals surface area contributed by atoms with Gasteiger partial charge in [0, 0.05) is 58.6 Å². The fourth-order valence-electron chi connectivity index (χ4n) is 5.15. The summed E-state index contributed by atoms with van der Waals surface area (Å²) in [4.78, 5) is 19.0. The summed E-state index contributed by atoms with van der Waals surface area (Å²) in [5.41, 5.74) is 1.72. The largest absolute Gasteiger partial charge is 0.444 e. The maximum Gasteiger partial charge on any atom is 0.410 e. The summed E-state index contributed by atoms with van der Waals surface area (Å²) < 4.78 is 34.7. The molecule has 0 saturated carbocycles. The van der Waals surface area contributed by atoms with Crippen LogP contribution < -0.4 is 5.32 Å². The molecule has 0 spiro atoms. The number of ether oxygens (including phenoxy) is 3. The SMILES string of the molecule is CC(C)(C)OC(=O)N1CCC[C@@H](Nc2c(F)cnc3c2c(C2CCOCC2)cn3COCC[Si](C)(C)C)C1. The Morgan fingerprint density at radius 1 is 1.24 bits per heavy atom. The Balaban J connectivity index is 1.60. The molecular formula is C28H45FN4O4Si. The summed E-state index contributed by atoms with van der Waals surface area (Å²) in [5, 5.41) is 4.30. The Labute approximate surface area is 227 Å². The number of carbonyl (C=O) groups is 1. The highest BCUT2D eigenvalue weighted by atomic mass is 28.3. The summed E-state index contributed by atoms with van der Waals surface area (Å²) in [6.45, 7) is 16.2. The van der Waals surface area contributed by atoms with Crippen LogP contribution in [0, 0.1) is 5.82 Å². The van der Waals surface area contributed by atoms with Crippen molar-refractivity contribution >= 4 is 30.9 Å². The molecule has 212 valence electrons. The molecule has 38 heavy (non-hydrogen) atoms. The van der Waals surface area contributed by atoms with Gasteiger partial charge in [-0.05, 0) is 64.0 Å². The molecule has 4 heterocycles. The number of piperidine rings is 1. The lowest BCUT2D eigenvalue weighted by Gasteiger charge is -2.35. The first-order valence-corrected chi connectivity index (χ1v) is 17.7. The predicted molar refractivity (Wildman–Crippen MR) is 151 cm³/mol. The Morgan fingerprint density at radius 3 is 2.66 bits per heavy atom. The predicted octanol–water partition coefficient (Wildman–Crippen LogP) is 6.19. The highest BCUT2D eigenvalue weighted by molar-refractivity contribution is 6.76. The van der Waals surface area contributed by atoms with Gasteiger partial charge in [0.15, 0.2) is 5.82 Å². The number of halogens is 1. The van der Waals surface area contributed by atoms with Crippen LogP contribution in [0.3, 0.4) is 0 Å². The molecule has 2 aromatic heterocycles. The van der Waals surface area contributed by atoms with E-state index in [4.69, 9.17) is 14.2 Å². The van der Waals surface area contributed by atoms with E-state index < -0.39 is 13.7 Å². The van der Waals surface area contributed by atoms with Gasteiger partial charge in [0.25, 0.3) is 0 Å². The number of fused-ring (bicyclic) bond motifs is 1. The van der Waals surface area contributed by atoms with Crippen LogP contribution in [0.1, 0.15) is 57.9 Å². The van der Waals surface area contributed by atoms with Gasteiger partial charge in [-0.25, -0.2) is 14.2 Å². The smallest absolute Gasteiger partial charge is 0.410 e. The average Bonchev–Trinajstić information content (AvgIpc) is 3.21. The summed E-state index contributed by atoms with van der Waals surface area (Å²) in [7, 11) is -1.20. The molecule has 0 bridgehead atoms. The number of carbonyl (C=O) groups excluding carboxylic acids is 1. The number of rotatable bonds is 8. The molecule has 1 amide bonds. The van der Waals surface area contributed by atoms with Crippen molar-refractivity contribution in [2.45, 2.75) is 96.4 Å². The molecule has 0 aromatic carbocycles. The lowest BCUT2D eigenvalue weighted by atomic mass is 9.91. The van der Waals surface area contributed by atoms with Crippen LogP contribution in [-0.4, -0.2) is 73.2 Å². The minimum Gasteiger partial charge on any atom is -0.444 e. The van der Waals surface area contributed by atoms with Crippen molar-refractivity contribution in [3.8, 4) is 0 Å². The van der Waals surface area contributed by atoms with E-state index in [0.29, 0.717) is 45.3 Å². The topological polar surface area (TPSA) is 77.9 Å². The number of nitrogens with zero attached hydrogens (tertiary/aromatic N) is 3. The number of amides is 1. The Morgan fingerprint density at radius 2 is 1.97 bits per heavy atom. The van der Waals surface area contributed by atoms with Crippen LogP contribution in [0.5, 0.6) is 0 Å². The zero-order chi connectivity index (χ0) is 27.5. The van der Waals surface area contributed by atoms with Gasteiger partial charge in [0.2, 0.25) is 0 Å². The van der Waals surface area contributed by atoms with E-state index in [0.717, 1.165) is 48.3 Å². The van der Waals surface area contributed by atoms with Gasteiger partial charge in [-0.15, -0.1) is 0 Å². The molecule has 0 aliphatic carbocycles. The van der Waals surface area contributed by atoms with Crippen molar-refractivity contribution in [2.75, 3.05) is 38.2 Å². The van der Waals surface area contributed by atoms with Gasteiger partial charge < -0.3 is 29.0 Å². The van der Waals surface area contributed by atoms with E-state index in [1.165, 1.54) is 6.20 Å². The second kappa shape index (κ2) is 11.9. The first-order valence-electron chi connectivity index (χ1n) is 14.0. The van der Waals surface area contributed by atoms with E-state index in [2.05, 4.69) is 36.1 Å². The molecule has 1 N–H and O–H groups in total. The third-order valence-corrected chi connectivity index (χ3v) is 8.88. The molecule has 0 radical (unpaired) electrons. The minimum absolute atomic E-state index is 0.0877. The molecule has 2 aromatic rings. The van der Waals surface area contributed by atoms with Crippen LogP contribution in [0.2, 0.25) is 25.7 Å². The van der Waals surface area contributed by atoms with E-state index in [1.54, 1.807) is 4.90 Å². The van der Waals surface area contributed by atoms with Crippen molar-refractivity contribution < 1.29 is 23.4 Å². The van der Waals surface area contributed by atoms with Crippen LogP contribution in [-0.2, 0) is 20.9 Å². The number of hydrogen-bond donors (Lipinski definition) is 1. The standard InChI is InChI=1S/C28H45FN4O4Si/c1-28(2,3)37-27(34)32-11-7-8-21(17-32)31-25-23(29)16-30-26-24(25)22(20-9-12-35-13-10-20)18-33(26)19-36-14-15-38(4,5)6/h16,18,20-21H,7-15,17,19H2,1-6H3,(H,30,31)/t21-/m1/s1. The van der Waals surface area contributed by atoms with Gasteiger partial charge in [-0.2, -0.15) is 0 Å². The lowest BCUT2D eigenvalue weighted by molar-refractivity contribution is 0.0206. The van der Waals surface area contributed by atoms with Crippen molar-refractivity contribution in [3.05, 3.63) is 23.8 Å². The first kappa shape index (κ1) is 28.8. The Kier molecular flexibility index (Phi) is 9.04. The van der Waals surface area contributed by atoms with Crippen LogP contribution in [0.15, 0.2) is 12.4 Å². The quantitative estimate of drug-likeness (QED) is 0.313. The van der Waals surface area contributed by atoms with Gasteiger partial charge in [0.1, 0.15) is 18.0 Å².